The summed E-state index contributed by atoms with van der Waals surface area (Å²) < 4.78 is 0. The minimum atomic E-state index is -0.214. The SMILES string of the molecule is O=C(NCC1CCN(CCNC2CC2)CC1)C1=C(O)CC(Cl)=C1. The molecule has 0 bridgehead atoms. The number of amides is 1. The van der Waals surface area contributed by atoms with E-state index < -0.39 is 0 Å². The van der Waals surface area contributed by atoms with Gasteiger partial charge in [-0.3, -0.25) is 4.79 Å². The van der Waals surface area contributed by atoms with Crippen molar-refractivity contribution in [1.82, 2.24) is 15.5 Å². The lowest BCUT2D eigenvalue weighted by Crippen LogP contribution is -2.41. The monoisotopic (exact) mass is 339 g/mol. The van der Waals surface area contributed by atoms with Crippen LogP contribution in [0.3, 0.4) is 0 Å². The van der Waals surface area contributed by atoms with Crippen molar-refractivity contribution >= 4 is 17.5 Å². The van der Waals surface area contributed by atoms with Gasteiger partial charge in [0, 0.05) is 37.1 Å². The standard InChI is InChI=1S/C17H26ClN3O2/c18-13-9-15(16(22)10-13)17(23)20-11-12-3-6-21(7-4-12)8-5-19-14-1-2-14/h9,12,14,19,22H,1-8,10-11H2,(H,20,23). The van der Waals surface area contributed by atoms with Gasteiger partial charge in [0.15, 0.2) is 0 Å². The van der Waals surface area contributed by atoms with E-state index >= 15 is 0 Å². The molecule has 3 aliphatic rings. The molecule has 3 N–H and O–H groups in total. The molecule has 0 spiro atoms. The first kappa shape index (κ1) is 16.8. The summed E-state index contributed by atoms with van der Waals surface area (Å²) in [7, 11) is 0. The number of hydrogen-bond donors (Lipinski definition) is 3. The number of allylic oxidation sites excluding steroid dienone is 1. The van der Waals surface area contributed by atoms with E-state index in [2.05, 4.69) is 15.5 Å². The molecule has 0 radical (unpaired) electrons. The Kier molecular flexibility index (Phi) is 5.62. The molecule has 1 saturated carbocycles. The first-order valence-corrected chi connectivity index (χ1v) is 9.01. The molecule has 0 aromatic heterocycles. The molecule has 1 saturated heterocycles. The summed E-state index contributed by atoms with van der Waals surface area (Å²) in [6.07, 6.45) is 6.75. The van der Waals surface area contributed by atoms with E-state index in [4.69, 9.17) is 11.6 Å². The van der Waals surface area contributed by atoms with Crippen molar-refractivity contribution in [3.8, 4) is 0 Å². The zero-order chi connectivity index (χ0) is 16.2. The fraction of sp³-hybridized carbons (Fsp3) is 0.706. The minimum Gasteiger partial charge on any atom is -0.511 e. The van der Waals surface area contributed by atoms with Crippen molar-refractivity contribution in [2.45, 2.75) is 38.1 Å². The van der Waals surface area contributed by atoms with Crippen molar-refractivity contribution in [3.63, 3.8) is 0 Å². The maximum Gasteiger partial charge on any atom is 0.254 e. The molecule has 128 valence electrons. The van der Waals surface area contributed by atoms with Crippen LogP contribution >= 0.6 is 11.6 Å². The molecule has 2 fully saturated rings. The zero-order valence-electron chi connectivity index (χ0n) is 13.5. The highest BCUT2D eigenvalue weighted by Gasteiger charge is 2.24. The van der Waals surface area contributed by atoms with Gasteiger partial charge in [-0.15, -0.1) is 0 Å². The fourth-order valence-corrected chi connectivity index (χ4v) is 3.44. The number of nitrogens with one attached hydrogen (secondary N) is 2. The van der Waals surface area contributed by atoms with Gasteiger partial charge in [0.05, 0.1) is 5.57 Å². The van der Waals surface area contributed by atoms with Crippen molar-refractivity contribution in [1.29, 1.82) is 0 Å². The third-order valence-corrected chi connectivity index (χ3v) is 5.13. The summed E-state index contributed by atoms with van der Waals surface area (Å²) in [5, 5.41) is 16.7. The fourth-order valence-electron chi connectivity index (χ4n) is 3.20. The van der Waals surface area contributed by atoms with Crippen LogP contribution in [0.25, 0.3) is 0 Å². The number of halogens is 1. The van der Waals surface area contributed by atoms with E-state index in [9.17, 15) is 9.90 Å². The second-order valence-electron chi connectivity index (χ2n) is 6.85. The summed E-state index contributed by atoms with van der Waals surface area (Å²) in [6.45, 7) is 5.10. The lowest BCUT2D eigenvalue weighted by atomic mass is 9.96. The van der Waals surface area contributed by atoms with Gasteiger partial charge in [0.2, 0.25) is 0 Å². The zero-order valence-corrected chi connectivity index (χ0v) is 14.2. The number of aliphatic hydroxyl groups excluding tert-OH is 1. The average molecular weight is 340 g/mol. The number of nitrogens with zero attached hydrogens (tertiary/aromatic N) is 1. The quantitative estimate of drug-likeness (QED) is 0.663. The summed E-state index contributed by atoms with van der Waals surface area (Å²) >= 11 is 5.84. The van der Waals surface area contributed by atoms with Crippen LogP contribution in [0.5, 0.6) is 0 Å². The predicted molar refractivity (Wildman–Crippen MR) is 91.4 cm³/mol. The van der Waals surface area contributed by atoms with Gasteiger partial charge in [-0.2, -0.15) is 0 Å². The van der Waals surface area contributed by atoms with Gasteiger partial charge in [0.1, 0.15) is 5.76 Å². The Morgan fingerprint density at radius 1 is 1.30 bits per heavy atom. The number of piperidine rings is 1. The third-order valence-electron chi connectivity index (χ3n) is 4.89. The number of rotatable bonds is 7. The molecule has 0 aromatic carbocycles. The van der Waals surface area contributed by atoms with Gasteiger partial charge < -0.3 is 20.6 Å². The summed E-state index contributed by atoms with van der Waals surface area (Å²) in [4.78, 5) is 14.6. The highest BCUT2D eigenvalue weighted by Crippen LogP contribution is 2.26. The molecule has 0 unspecified atom stereocenters. The highest BCUT2D eigenvalue weighted by molar-refractivity contribution is 6.30. The largest absolute Gasteiger partial charge is 0.511 e. The Balaban J connectivity index is 1.32. The molecule has 5 nitrogen and oxygen atoms in total. The van der Waals surface area contributed by atoms with Crippen LogP contribution < -0.4 is 10.6 Å². The Morgan fingerprint density at radius 2 is 2.04 bits per heavy atom. The summed E-state index contributed by atoms with van der Waals surface area (Å²) in [6, 6.07) is 0.784. The molecule has 2 aliphatic carbocycles. The highest BCUT2D eigenvalue weighted by atomic mass is 35.5. The van der Waals surface area contributed by atoms with E-state index in [1.54, 1.807) is 6.08 Å². The molecule has 1 amide bonds. The maximum absolute atomic E-state index is 12.1. The van der Waals surface area contributed by atoms with E-state index in [1.165, 1.54) is 12.8 Å². The van der Waals surface area contributed by atoms with Crippen LogP contribution in [-0.2, 0) is 4.79 Å². The normalized spacial score (nSPS) is 23.3. The Morgan fingerprint density at radius 3 is 2.65 bits per heavy atom. The molecule has 23 heavy (non-hydrogen) atoms. The topological polar surface area (TPSA) is 64.6 Å². The molecular weight excluding hydrogens is 314 g/mol. The summed E-state index contributed by atoms with van der Waals surface area (Å²) in [5.74, 6) is 0.384. The van der Waals surface area contributed by atoms with Gasteiger partial charge in [0.25, 0.3) is 5.91 Å². The van der Waals surface area contributed by atoms with E-state index in [1.807, 2.05) is 0 Å². The second-order valence-corrected chi connectivity index (χ2v) is 7.34. The third kappa shape index (κ3) is 4.96. The van der Waals surface area contributed by atoms with Gasteiger partial charge in [-0.25, -0.2) is 0 Å². The number of aliphatic hydroxyl groups is 1. The van der Waals surface area contributed by atoms with Crippen molar-refractivity contribution in [3.05, 3.63) is 22.4 Å². The van der Waals surface area contributed by atoms with Crippen LogP contribution in [0.4, 0.5) is 0 Å². The molecular formula is C17H26ClN3O2. The van der Waals surface area contributed by atoms with E-state index in [0.29, 0.717) is 23.1 Å². The number of hydrogen-bond acceptors (Lipinski definition) is 4. The number of likely N-dealkylation sites (tertiary alicyclic amines) is 1. The predicted octanol–water partition coefficient (Wildman–Crippen LogP) is 1.91. The van der Waals surface area contributed by atoms with Crippen LogP contribution in [0.15, 0.2) is 22.4 Å². The Labute approximate surface area is 142 Å². The summed E-state index contributed by atoms with van der Waals surface area (Å²) in [5.41, 5.74) is 0.318. The number of carbonyl (C=O) groups is 1. The van der Waals surface area contributed by atoms with E-state index in [-0.39, 0.29) is 18.1 Å². The lowest BCUT2D eigenvalue weighted by Gasteiger charge is -2.32. The first-order valence-electron chi connectivity index (χ1n) is 8.64. The minimum absolute atomic E-state index is 0.0745. The van der Waals surface area contributed by atoms with Crippen LogP contribution in [0.1, 0.15) is 32.1 Å². The maximum atomic E-state index is 12.1. The first-order chi connectivity index (χ1) is 11.1. The van der Waals surface area contributed by atoms with Gasteiger partial charge in [-0.1, -0.05) is 11.6 Å². The van der Waals surface area contributed by atoms with Gasteiger partial charge >= 0.3 is 0 Å². The molecule has 1 heterocycles. The molecule has 6 heteroatoms. The average Bonchev–Trinajstić information content (AvgIpc) is 3.29. The smallest absolute Gasteiger partial charge is 0.254 e. The molecule has 0 aromatic rings. The second kappa shape index (κ2) is 7.69. The number of carbonyl (C=O) groups excluding carboxylic acids is 1. The van der Waals surface area contributed by atoms with Crippen LogP contribution in [0.2, 0.25) is 0 Å². The molecule has 1 aliphatic heterocycles. The Bertz CT molecular complexity index is 506. The molecule has 3 rings (SSSR count). The van der Waals surface area contributed by atoms with Crippen molar-refractivity contribution in [2.75, 3.05) is 32.7 Å². The lowest BCUT2D eigenvalue weighted by molar-refractivity contribution is -0.117. The van der Waals surface area contributed by atoms with Crippen LogP contribution in [0, 0.1) is 5.92 Å². The Hall–Kier alpha value is -1.04. The van der Waals surface area contributed by atoms with Crippen molar-refractivity contribution < 1.29 is 9.90 Å². The van der Waals surface area contributed by atoms with Crippen molar-refractivity contribution in [2.24, 2.45) is 5.92 Å². The molecule has 0 atom stereocenters. The van der Waals surface area contributed by atoms with E-state index in [0.717, 1.165) is 45.1 Å². The van der Waals surface area contributed by atoms with Gasteiger partial charge in [-0.05, 0) is 50.8 Å². The van der Waals surface area contributed by atoms with Crippen LogP contribution in [-0.4, -0.2) is 54.7 Å².